The summed E-state index contributed by atoms with van der Waals surface area (Å²) in [6, 6.07) is 11.8. The fourth-order valence-electron chi connectivity index (χ4n) is 2.75. The molecule has 13 heteroatoms. The van der Waals surface area contributed by atoms with Gasteiger partial charge in [0.1, 0.15) is 0 Å². The zero-order chi connectivity index (χ0) is 23.5. The minimum atomic E-state index is -4.05. The molecule has 0 saturated heterocycles. The predicted octanol–water partition coefficient (Wildman–Crippen LogP) is 3.28. The lowest BCUT2D eigenvalue weighted by Crippen LogP contribution is -2.28. The molecule has 0 aliphatic carbocycles. The molecule has 1 atom stereocenters. The number of hydrogen-bond acceptors (Lipinski definition) is 8. The number of aromatic nitrogens is 2. The van der Waals surface area contributed by atoms with E-state index in [-0.39, 0.29) is 25.0 Å². The van der Waals surface area contributed by atoms with Crippen molar-refractivity contribution in [3.8, 4) is 0 Å². The molecule has 0 aliphatic rings. The molecule has 0 aliphatic heterocycles. The smallest absolute Gasteiger partial charge is 0.270 e. The van der Waals surface area contributed by atoms with Gasteiger partial charge in [-0.2, -0.15) is 0 Å². The van der Waals surface area contributed by atoms with Crippen LogP contribution < -0.4 is 10.0 Å². The summed E-state index contributed by atoms with van der Waals surface area (Å²) in [5.41, 5.74) is 0.815. The monoisotopic (exact) mass is 514 g/mol. The van der Waals surface area contributed by atoms with Crippen LogP contribution in [0, 0.1) is 0 Å². The van der Waals surface area contributed by atoms with E-state index in [4.69, 9.17) is 11.6 Å². The maximum atomic E-state index is 12.8. The average Bonchev–Trinajstić information content (AvgIpc) is 3.21. The van der Waals surface area contributed by atoms with Crippen LogP contribution in [0.2, 0.25) is 5.02 Å². The maximum absolute atomic E-state index is 12.8. The van der Waals surface area contributed by atoms with Crippen molar-refractivity contribution in [1.29, 1.82) is 0 Å². The molecule has 1 aromatic heterocycles. The minimum Gasteiger partial charge on any atom is -0.296 e. The van der Waals surface area contributed by atoms with Gasteiger partial charge in [-0.15, -0.1) is 10.2 Å². The van der Waals surface area contributed by atoms with Gasteiger partial charge in [0.15, 0.2) is 9.84 Å². The van der Waals surface area contributed by atoms with Crippen LogP contribution in [-0.2, 0) is 19.9 Å². The molecule has 0 spiro atoms. The topological polar surface area (TPSA) is 135 Å². The van der Waals surface area contributed by atoms with Gasteiger partial charge >= 0.3 is 0 Å². The second kappa shape index (κ2) is 9.63. The second-order valence-electron chi connectivity index (χ2n) is 6.73. The Kier molecular flexibility index (Phi) is 7.30. The van der Waals surface area contributed by atoms with Crippen LogP contribution in [0.5, 0.6) is 0 Å². The Hall–Kier alpha value is -2.38. The molecule has 0 saturated carbocycles. The largest absolute Gasteiger partial charge is 0.296 e. The van der Waals surface area contributed by atoms with Gasteiger partial charge in [-0.25, -0.2) is 21.6 Å². The van der Waals surface area contributed by atoms with Crippen LogP contribution in [0.1, 0.15) is 35.3 Å². The zero-order valence-electron chi connectivity index (χ0n) is 16.9. The average molecular weight is 515 g/mol. The number of rotatable bonds is 8. The molecular formula is C19H19ClN4O5S3. The summed E-state index contributed by atoms with van der Waals surface area (Å²) < 4.78 is 51.0. The minimum absolute atomic E-state index is 0.000786. The third kappa shape index (κ3) is 5.70. The molecule has 9 nitrogen and oxygen atoms in total. The van der Waals surface area contributed by atoms with Crippen molar-refractivity contribution in [2.24, 2.45) is 0 Å². The highest BCUT2D eigenvalue weighted by atomic mass is 35.5. The molecule has 32 heavy (non-hydrogen) atoms. The van der Waals surface area contributed by atoms with Crippen molar-refractivity contribution in [2.45, 2.75) is 28.6 Å². The number of halogens is 1. The predicted molar refractivity (Wildman–Crippen MR) is 122 cm³/mol. The van der Waals surface area contributed by atoms with Gasteiger partial charge in [-0.1, -0.05) is 54.1 Å². The SMILES string of the molecule is CCC(NS(=O)(=O)c1nnc(NC(=O)c2ccccc2Cl)s1)c1ccc(S(C)(=O)=O)cc1. The molecule has 2 N–H and O–H groups in total. The van der Waals surface area contributed by atoms with E-state index in [0.29, 0.717) is 23.3 Å². The third-order valence-electron chi connectivity index (χ3n) is 4.39. The number of amides is 1. The number of nitrogens with one attached hydrogen (secondary N) is 2. The summed E-state index contributed by atoms with van der Waals surface area (Å²) in [4.78, 5) is 12.5. The van der Waals surface area contributed by atoms with Crippen LogP contribution >= 0.6 is 22.9 Å². The Bertz CT molecular complexity index is 1340. The van der Waals surface area contributed by atoms with E-state index in [9.17, 15) is 21.6 Å². The quantitative estimate of drug-likeness (QED) is 0.440. The summed E-state index contributed by atoms with van der Waals surface area (Å²) in [6.45, 7) is 1.78. The molecular weight excluding hydrogens is 496 g/mol. The lowest BCUT2D eigenvalue weighted by Gasteiger charge is -2.16. The molecule has 0 radical (unpaired) electrons. The van der Waals surface area contributed by atoms with Gasteiger partial charge in [0.2, 0.25) is 9.47 Å². The van der Waals surface area contributed by atoms with Crippen LogP contribution in [0.25, 0.3) is 0 Å². The van der Waals surface area contributed by atoms with Crippen LogP contribution in [0.3, 0.4) is 0 Å². The zero-order valence-corrected chi connectivity index (χ0v) is 20.1. The lowest BCUT2D eigenvalue weighted by atomic mass is 10.1. The second-order valence-corrected chi connectivity index (χ2v) is 12.0. The van der Waals surface area contributed by atoms with Gasteiger partial charge in [0.25, 0.3) is 15.9 Å². The molecule has 3 rings (SSSR count). The fraction of sp³-hybridized carbons (Fsp3) is 0.211. The summed E-state index contributed by atoms with van der Waals surface area (Å²) in [5.74, 6) is -0.541. The van der Waals surface area contributed by atoms with E-state index in [1.165, 1.54) is 18.2 Å². The van der Waals surface area contributed by atoms with Gasteiger partial charge < -0.3 is 0 Å². The Morgan fingerprint density at radius 1 is 1.06 bits per heavy atom. The third-order valence-corrected chi connectivity index (χ3v) is 8.53. The molecule has 170 valence electrons. The number of sulfone groups is 1. The number of carbonyl (C=O) groups excluding carboxylic acids is 1. The van der Waals surface area contributed by atoms with Crippen molar-refractivity contribution in [3.63, 3.8) is 0 Å². The molecule has 2 aromatic carbocycles. The molecule has 1 heterocycles. The number of nitrogens with zero attached hydrogens (tertiary/aromatic N) is 2. The molecule has 0 bridgehead atoms. The number of sulfonamides is 1. The Morgan fingerprint density at radius 2 is 1.72 bits per heavy atom. The highest BCUT2D eigenvalue weighted by molar-refractivity contribution is 7.91. The Balaban J connectivity index is 1.76. The summed E-state index contributed by atoms with van der Waals surface area (Å²) in [7, 11) is -7.40. The van der Waals surface area contributed by atoms with E-state index in [1.807, 2.05) is 0 Å². The van der Waals surface area contributed by atoms with Gasteiger partial charge in [0, 0.05) is 12.3 Å². The fourth-order valence-corrected chi connectivity index (χ4v) is 5.82. The highest BCUT2D eigenvalue weighted by Gasteiger charge is 2.25. The first-order valence-corrected chi connectivity index (χ1v) is 13.8. The number of hydrogen-bond donors (Lipinski definition) is 2. The first kappa shape index (κ1) is 24.3. The van der Waals surface area contributed by atoms with Crippen molar-refractivity contribution in [1.82, 2.24) is 14.9 Å². The summed E-state index contributed by atoms with van der Waals surface area (Å²) >= 11 is 6.69. The summed E-state index contributed by atoms with van der Waals surface area (Å²) in [5, 5.41) is 10.1. The normalized spacial score (nSPS) is 13.0. The van der Waals surface area contributed by atoms with E-state index >= 15 is 0 Å². The molecule has 3 aromatic rings. The van der Waals surface area contributed by atoms with Crippen molar-refractivity contribution >= 4 is 53.8 Å². The first-order valence-electron chi connectivity index (χ1n) is 9.23. The molecule has 1 amide bonds. The van der Waals surface area contributed by atoms with Crippen LogP contribution in [0.15, 0.2) is 57.8 Å². The van der Waals surface area contributed by atoms with E-state index < -0.39 is 31.8 Å². The number of benzene rings is 2. The van der Waals surface area contributed by atoms with E-state index in [0.717, 1.165) is 6.26 Å². The van der Waals surface area contributed by atoms with Crippen LogP contribution in [-0.4, -0.2) is 39.2 Å². The number of carbonyl (C=O) groups is 1. The van der Waals surface area contributed by atoms with E-state index in [1.54, 1.807) is 37.3 Å². The first-order chi connectivity index (χ1) is 15.0. The summed E-state index contributed by atoms with van der Waals surface area (Å²) in [6.07, 6.45) is 1.51. The Labute approximate surface area is 194 Å². The van der Waals surface area contributed by atoms with Crippen molar-refractivity contribution < 1.29 is 21.6 Å². The van der Waals surface area contributed by atoms with Crippen LogP contribution in [0.4, 0.5) is 5.13 Å². The Morgan fingerprint density at radius 3 is 2.31 bits per heavy atom. The van der Waals surface area contributed by atoms with E-state index in [2.05, 4.69) is 20.2 Å². The van der Waals surface area contributed by atoms with Gasteiger partial charge in [-0.3, -0.25) is 10.1 Å². The highest BCUT2D eigenvalue weighted by Crippen LogP contribution is 2.25. The van der Waals surface area contributed by atoms with Crippen molar-refractivity contribution in [3.05, 3.63) is 64.7 Å². The lowest BCUT2D eigenvalue weighted by molar-refractivity contribution is 0.102. The molecule has 1 unspecified atom stereocenters. The molecule has 0 fully saturated rings. The van der Waals surface area contributed by atoms with Gasteiger partial charge in [-0.05, 0) is 36.2 Å². The van der Waals surface area contributed by atoms with Gasteiger partial charge in [0.05, 0.1) is 15.5 Å². The number of anilines is 1. The van der Waals surface area contributed by atoms with Crippen molar-refractivity contribution in [2.75, 3.05) is 11.6 Å². The standard InChI is InChI=1S/C19H19ClN4O5S3/c1-3-16(12-8-10-13(11-9-12)31(2,26)27)24-32(28,29)19-23-22-18(30-19)21-17(25)14-6-4-5-7-15(14)20/h4-11,16,24H,3H2,1-2H3,(H,21,22,25). The maximum Gasteiger partial charge on any atom is 0.270 e.